The SMILES string of the molecule is CCC(C)C1CCC(C2CC(C(C)C)C3CC4(C)CC5(C)CC(C)C(C(C)C)C(C)C5(C)C(C)C4C(C)C3C2C)CC1. The van der Waals surface area contributed by atoms with Gasteiger partial charge >= 0.3 is 0 Å². The van der Waals surface area contributed by atoms with E-state index in [1.54, 1.807) is 6.42 Å². The van der Waals surface area contributed by atoms with E-state index in [0.717, 1.165) is 94.7 Å². The van der Waals surface area contributed by atoms with E-state index in [-0.39, 0.29) is 0 Å². The molecule has 0 nitrogen and oxygen atoms in total. The van der Waals surface area contributed by atoms with E-state index in [0.29, 0.717) is 16.2 Å². The van der Waals surface area contributed by atoms with Gasteiger partial charge in [0, 0.05) is 0 Å². The summed E-state index contributed by atoms with van der Waals surface area (Å²) in [4.78, 5) is 0. The van der Waals surface area contributed by atoms with Gasteiger partial charge in [-0.3, -0.25) is 0 Å². The maximum Gasteiger partial charge on any atom is -0.0215 e. The lowest BCUT2D eigenvalue weighted by molar-refractivity contribution is -0.252. The second-order valence-electron chi connectivity index (χ2n) is 19.8. The predicted molar refractivity (Wildman–Crippen MR) is 184 cm³/mol. The van der Waals surface area contributed by atoms with Gasteiger partial charge in [0.2, 0.25) is 0 Å². The van der Waals surface area contributed by atoms with Gasteiger partial charge in [0.25, 0.3) is 0 Å². The first kappa shape index (κ1) is 33.4. The van der Waals surface area contributed by atoms with Gasteiger partial charge in [0.15, 0.2) is 0 Å². The van der Waals surface area contributed by atoms with Crippen molar-refractivity contribution in [2.45, 2.75) is 155 Å². The van der Waals surface area contributed by atoms with Gasteiger partial charge in [0.05, 0.1) is 0 Å². The molecule has 0 aromatic rings. The third-order valence-electron chi connectivity index (χ3n) is 17.6. The lowest BCUT2D eigenvalue weighted by Gasteiger charge is -2.73. The Kier molecular flexibility index (Phi) is 9.26. The van der Waals surface area contributed by atoms with Gasteiger partial charge < -0.3 is 0 Å². The van der Waals surface area contributed by atoms with Crippen LogP contribution in [0.4, 0.5) is 0 Å². The van der Waals surface area contributed by atoms with Crippen LogP contribution in [0.15, 0.2) is 0 Å². The summed E-state index contributed by atoms with van der Waals surface area (Å²) in [5.41, 5.74) is 1.42. The fourth-order valence-corrected chi connectivity index (χ4v) is 15.7. The summed E-state index contributed by atoms with van der Waals surface area (Å²) in [6.07, 6.45) is 13.5. The molecule has 5 aliphatic carbocycles. The van der Waals surface area contributed by atoms with Crippen LogP contribution >= 0.6 is 0 Å². The molecule has 0 heterocycles. The van der Waals surface area contributed by atoms with Crippen LogP contribution in [-0.2, 0) is 0 Å². The molecule has 0 saturated heterocycles. The summed E-state index contributed by atoms with van der Waals surface area (Å²) < 4.78 is 0. The van der Waals surface area contributed by atoms with Crippen LogP contribution in [-0.4, -0.2) is 0 Å². The molecule has 0 aromatic heterocycles. The number of hydrogen-bond donors (Lipinski definition) is 0. The Morgan fingerprint density at radius 1 is 0.714 bits per heavy atom. The molecule has 5 fully saturated rings. The molecule has 15 unspecified atom stereocenters. The molecule has 15 atom stereocenters. The highest BCUT2D eigenvalue weighted by molar-refractivity contribution is 5.17. The molecular formula is C42H76. The first-order valence-electron chi connectivity index (χ1n) is 19.5. The zero-order chi connectivity index (χ0) is 31.1. The summed E-state index contributed by atoms with van der Waals surface area (Å²) in [6.45, 7) is 37.3. The smallest absolute Gasteiger partial charge is 0.0215 e. The van der Waals surface area contributed by atoms with Crippen LogP contribution in [0.5, 0.6) is 0 Å². The molecule has 0 aliphatic heterocycles. The lowest BCUT2D eigenvalue weighted by atomic mass is 9.31. The second-order valence-corrected chi connectivity index (χ2v) is 19.8. The molecule has 0 amide bonds. The third kappa shape index (κ3) is 4.94. The highest BCUT2D eigenvalue weighted by Gasteiger charge is 2.69. The van der Waals surface area contributed by atoms with Crippen LogP contribution in [0.3, 0.4) is 0 Å². The fourth-order valence-electron chi connectivity index (χ4n) is 15.7. The predicted octanol–water partition coefficient (Wildman–Crippen LogP) is 12.7. The highest BCUT2D eigenvalue weighted by Crippen LogP contribution is 2.75. The van der Waals surface area contributed by atoms with Gasteiger partial charge in [0.1, 0.15) is 0 Å². The molecule has 5 rings (SSSR count). The van der Waals surface area contributed by atoms with Crippen LogP contribution in [0.1, 0.15) is 155 Å². The molecule has 0 spiro atoms. The van der Waals surface area contributed by atoms with Crippen molar-refractivity contribution in [2.24, 2.45) is 111 Å². The average molecular weight is 581 g/mol. The van der Waals surface area contributed by atoms with Gasteiger partial charge in [-0.15, -0.1) is 0 Å². The number of hydrogen-bond acceptors (Lipinski definition) is 0. The van der Waals surface area contributed by atoms with E-state index in [9.17, 15) is 0 Å². The average Bonchev–Trinajstić information content (AvgIpc) is 2.90. The van der Waals surface area contributed by atoms with Crippen molar-refractivity contribution >= 4 is 0 Å². The van der Waals surface area contributed by atoms with E-state index in [1.807, 2.05) is 0 Å². The summed E-state index contributed by atoms with van der Waals surface area (Å²) in [6, 6.07) is 0. The van der Waals surface area contributed by atoms with E-state index < -0.39 is 0 Å². The molecule has 0 N–H and O–H groups in total. The van der Waals surface area contributed by atoms with Gasteiger partial charge in [-0.1, -0.05) is 103 Å². The molecule has 0 aromatic carbocycles. The lowest BCUT2D eigenvalue weighted by Crippen LogP contribution is -2.67. The van der Waals surface area contributed by atoms with Gasteiger partial charge in [-0.25, -0.2) is 0 Å². The third-order valence-corrected chi connectivity index (χ3v) is 17.6. The Morgan fingerprint density at radius 3 is 1.88 bits per heavy atom. The van der Waals surface area contributed by atoms with Crippen LogP contribution in [0, 0.1) is 111 Å². The Balaban J connectivity index is 1.47. The normalized spacial score (nSPS) is 55.6. The molecule has 5 saturated carbocycles. The quantitative estimate of drug-likeness (QED) is 0.303. The van der Waals surface area contributed by atoms with Crippen molar-refractivity contribution in [3.05, 3.63) is 0 Å². The standard InChI is InChI=1S/C42H76/c1-15-26(6)32-16-18-33(19-17-32)35-20-34(24(2)3)36-22-40(12)23-41(13)21-27(7)37(25(4)5)30(10)42(41,14)31(11)39(40)29(9)38(36)28(35)8/h24-39H,15-23H2,1-14H3. The Hall–Kier alpha value is 0. The highest BCUT2D eigenvalue weighted by atomic mass is 14.7. The van der Waals surface area contributed by atoms with Crippen molar-refractivity contribution in [3.8, 4) is 0 Å². The topological polar surface area (TPSA) is 0 Å². The van der Waals surface area contributed by atoms with Crippen LogP contribution in [0.25, 0.3) is 0 Å². The fraction of sp³-hybridized carbons (Fsp3) is 1.00. The zero-order valence-electron chi connectivity index (χ0n) is 31.1. The van der Waals surface area contributed by atoms with Crippen LogP contribution < -0.4 is 0 Å². The van der Waals surface area contributed by atoms with Gasteiger partial charge in [-0.05, 0) is 162 Å². The molecule has 0 radical (unpaired) electrons. The molecule has 0 bridgehead atoms. The van der Waals surface area contributed by atoms with Crippen molar-refractivity contribution in [2.75, 3.05) is 0 Å². The largest absolute Gasteiger partial charge is 0.0651 e. The monoisotopic (exact) mass is 581 g/mol. The van der Waals surface area contributed by atoms with Crippen molar-refractivity contribution < 1.29 is 0 Å². The molecule has 5 aliphatic rings. The van der Waals surface area contributed by atoms with Crippen molar-refractivity contribution in [1.29, 1.82) is 0 Å². The number of fused-ring (bicyclic) bond motifs is 3. The first-order valence-corrected chi connectivity index (χ1v) is 19.5. The van der Waals surface area contributed by atoms with E-state index in [2.05, 4.69) is 96.9 Å². The van der Waals surface area contributed by atoms with Crippen LogP contribution in [0.2, 0.25) is 0 Å². The summed E-state index contributed by atoms with van der Waals surface area (Å²) >= 11 is 0. The summed E-state index contributed by atoms with van der Waals surface area (Å²) in [5.74, 6) is 14.4. The minimum Gasteiger partial charge on any atom is -0.0651 e. The minimum absolute atomic E-state index is 0.447. The number of rotatable bonds is 5. The Morgan fingerprint density at radius 2 is 1.33 bits per heavy atom. The molecule has 42 heavy (non-hydrogen) atoms. The van der Waals surface area contributed by atoms with E-state index in [1.165, 1.54) is 51.4 Å². The zero-order valence-corrected chi connectivity index (χ0v) is 31.1. The van der Waals surface area contributed by atoms with E-state index in [4.69, 9.17) is 0 Å². The van der Waals surface area contributed by atoms with Crippen molar-refractivity contribution in [3.63, 3.8) is 0 Å². The van der Waals surface area contributed by atoms with Crippen molar-refractivity contribution in [1.82, 2.24) is 0 Å². The summed E-state index contributed by atoms with van der Waals surface area (Å²) in [7, 11) is 0. The summed E-state index contributed by atoms with van der Waals surface area (Å²) in [5, 5.41) is 0. The first-order chi connectivity index (χ1) is 19.5. The Labute approximate surface area is 265 Å². The Bertz CT molecular complexity index is 922. The second kappa shape index (κ2) is 11.7. The molecule has 244 valence electrons. The molecule has 0 heteroatoms. The maximum absolute atomic E-state index is 2.82. The molecular weight excluding hydrogens is 504 g/mol. The minimum atomic E-state index is 0.447. The maximum atomic E-state index is 2.82. The van der Waals surface area contributed by atoms with Gasteiger partial charge in [-0.2, -0.15) is 0 Å². The van der Waals surface area contributed by atoms with E-state index >= 15 is 0 Å².